The van der Waals surface area contributed by atoms with E-state index in [0.29, 0.717) is 12.3 Å². The zero-order valence-electron chi connectivity index (χ0n) is 24.5. The van der Waals surface area contributed by atoms with Gasteiger partial charge >= 0.3 is 11.9 Å². The van der Waals surface area contributed by atoms with Crippen molar-refractivity contribution in [3.8, 4) is 0 Å². The molecule has 1 aromatic carbocycles. The second-order valence-corrected chi connectivity index (χ2v) is 11.8. The number of hydrogen-bond donors (Lipinski definition) is 2. The van der Waals surface area contributed by atoms with Gasteiger partial charge in [0.25, 0.3) is 0 Å². The molecule has 0 aliphatic heterocycles. The quantitative estimate of drug-likeness (QED) is 0.142. The maximum absolute atomic E-state index is 12.3. The summed E-state index contributed by atoms with van der Waals surface area (Å²) in [6.45, 7) is 13.9. The number of carbonyl (C=O) groups excluding carboxylic acids is 2. The van der Waals surface area contributed by atoms with Gasteiger partial charge in [-0.1, -0.05) is 70.0 Å². The van der Waals surface area contributed by atoms with Gasteiger partial charge in [-0.2, -0.15) is 0 Å². The van der Waals surface area contributed by atoms with E-state index in [1.165, 1.54) is 83.3 Å². The highest BCUT2D eigenvalue weighted by atomic mass is 16.5. The predicted octanol–water partition coefficient (Wildman–Crippen LogP) is 6.44. The Hall–Kier alpha value is -2.44. The number of ether oxygens (including phenoxy) is 2. The molecule has 218 valence electrons. The van der Waals surface area contributed by atoms with Gasteiger partial charge in [-0.15, -0.1) is 0 Å². The lowest BCUT2D eigenvalue weighted by atomic mass is 9.77. The summed E-state index contributed by atoms with van der Waals surface area (Å²) in [5.74, 6) is -0.0928. The summed E-state index contributed by atoms with van der Waals surface area (Å²) in [6.07, 6.45) is 10.9. The Kier molecular flexibility index (Phi) is 13.4. The van der Waals surface area contributed by atoms with Gasteiger partial charge in [-0.3, -0.25) is 0 Å². The van der Waals surface area contributed by atoms with Crippen LogP contribution in [0.25, 0.3) is 0 Å². The first-order valence-corrected chi connectivity index (χ1v) is 14.6. The standard InChI is InChI=1S/C33H50O6/c1-7-8-9-10-26-13-17-29(18-14-26)30-19-15-27(16-20-30)11-12-28(21-38-31(35)23(2)25(4)34)22-39-32(36)24(3)33(5,6)37/h15-16,19-20,25-26,28-29,34,37H,2-3,7-14,17-18,21-22H2,1,4-6H3. The van der Waals surface area contributed by atoms with Crippen LogP contribution in [0.3, 0.4) is 0 Å². The number of esters is 2. The third-order valence-corrected chi connectivity index (χ3v) is 8.01. The number of aliphatic hydroxyl groups is 2. The average molecular weight is 543 g/mol. The van der Waals surface area contributed by atoms with E-state index in [2.05, 4.69) is 44.3 Å². The van der Waals surface area contributed by atoms with Crippen LogP contribution in [0, 0.1) is 11.8 Å². The number of aliphatic hydroxyl groups excluding tert-OH is 1. The maximum Gasteiger partial charge on any atom is 0.336 e. The molecule has 1 aliphatic rings. The van der Waals surface area contributed by atoms with Crippen molar-refractivity contribution in [1.82, 2.24) is 0 Å². The van der Waals surface area contributed by atoms with Gasteiger partial charge in [0.05, 0.1) is 36.1 Å². The maximum atomic E-state index is 12.3. The molecule has 1 aromatic rings. The first-order valence-electron chi connectivity index (χ1n) is 14.6. The van der Waals surface area contributed by atoms with Gasteiger partial charge in [-0.05, 0) is 82.3 Å². The molecule has 39 heavy (non-hydrogen) atoms. The zero-order chi connectivity index (χ0) is 29.0. The van der Waals surface area contributed by atoms with Crippen molar-refractivity contribution in [2.45, 2.75) is 110 Å². The fourth-order valence-corrected chi connectivity index (χ4v) is 5.00. The van der Waals surface area contributed by atoms with Gasteiger partial charge in [0.1, 0.15) is 0 Å². The van der Waals surface area contributed by atoms with E-state index in [1.54, 1.807) is 0 Å². The number of rotatable bonds is 16. The molecule has 2 unspecified atom stereocenters. The summed E-state index contributed by atoms with van der Waals surface area (Å²) < 4.78 is 10.7. The lowest BCUT2D eigenvalue weighted by molar-refractivity contribution is -0.145. The van der Waals surface area contributed by atoms with E-state index in [-0.39, 0.29) is 30.3 Å². The summed E-state index contributed by atoms with van der Waals surface area (Å²) in [5, 5.41) is 19.6. The summed E-state index contributed by atoms with van der Waals surface area (Å²) >= 11 is 0. The van der Waals surface area contributed by atoms with Crippen LogP contribution in [0.2, 0.25) is 0 Å². The molecule has 0 aromatic heterocycles. The van der Waals surface area contributed by atoms with E-state index in [4.69, 9.17) is 9.47 Å². The monoisotopic (exact) mass is 542 g/mol. The Morgan fingerprint density at radius 2 is 1.59 bits per heavy atom. The summed E-state index contributed by atoms with van der Waals surface area (Å²) in [4.78, 5) is 24.5. The van der Waals surface area contributed by atoms with Crippen LogP contribution in [-0.4, -0.2) is 47.1 Å². The molecule has 6 heteroatoms. The van der Waals surface area contributed by atoms with Crippen LogP contribution >= 0.6 is 0 Å². The fourth-order valence-electron chi connectivity index (χ4n) is 5.00. The molecule has 1 aliphatic carbocycles. The second kappa shape index (κ2) is 16.0. The Morgan fingerprint density at radius 1 is 1.00 bits per heavy atom. The number of benzene rings is 1. The van der Waals surface area contributed by atoms with Crippen molar-refractivity contribution in [2.75, 3.05) is 13.2 Å². The molecule has 2 N–H and O–H groups in total. The van der Waals surface area contributed by atoms with Crippen molar-refractivity contribution >= 4 is 11.9 Å². The molecule has 0 amide bonds. The molecule has 1 saturated carbocycles. The van der Waals surface area contributed by atoms with E-state index in [1.807, 2.05) is 0 Å². The minimum Gasteiger partial charge on any atom is -0.462 e. The number of unbranched alkanes of at least 4 members (excludes halogenated alkanes) is 2. The Morgan fingerprint density at radius 3 is 2.13 bits per heavy atom. The van der Waals surface area contributed by atoms with Crippen LogP contribution in [0.15, 0.2) is 48.6 Å². The van der Waals surface area contributed by atoms with Gasteiger partial charge in [0, 0.05) is 5.92 Å². The summed E-state index contributed by atoms with van der Waals surface area (Å²) in [6, 6.07) is 8.82. The second-order valence-electron chi connectivity index (χ2n) is 11.8. The Labute approximate surface area is 235 Å². The van der Waals surface area contributed by atoms with Crippen LogP contribution in [0.4, 0.5) is 0 Å². The lowest BCUT2D eigenvalue weighted by Gasteiger charge is -2.29. The largest absolute Gasteiger partial charge is 0.462 e. The number of aryl methyl sites for hydroxylation is 1. The van der Waals surface area contributed by atoms with E-state index < -0.39 is 23.6 Å². The average Bonchev–Trinajstić information content (AvgIpc) is 2.91. The first kappa shape index (κ1) is 32.8. The molecule has 0 radical (unpaired) electrons. The Balaban J connectivity index is 1.92. The minimum absolute atomic E-state index is 0.0158. The lowest BCUT2D eigenvalue weighted by Crippen LogP contribution is -2.30. The molecule has 1 fully saturated rings. The van der Waals surface area contributed by atoms with Crippen molar-refractivity contribution in [2.24, 2.45) is 11.8 Å². The third kappa shape index (κ3) is 11.3. The van der Waals surface area contributed by atoms with Gasteiger partial charge in [0.15, 0.2) is 0 Å². The number of hydrogen-bond acceptors (Lipinski definition) is 6. The molecular weight excluding hydrogens is 492 g/mol. The van der Waals surface area contributed by atoms with Crippen LogP contribution < -0.4 is 0 Å². The minimum atomic E-state index is -1.38. The highest BCUT2D eigenvalue weighted by Gasteiger charge is 2.26. The van der Waals surface area contributed by atoms with E-state index >= 15 is 0 Å². The van der Waals surface area contributed by atoms with E-state index in [9.17, 15) is 19.8 Å². The smallest absolute Gasteiger partial charge is 0.336 e. The molecule has 0 saturated heterocycles. The fraction of sp³-hybridized carbons (Fsp3) is 0.636. The molecule has 0 spiro atoms. The van der Waals surface area contributed by atoms with Crippen molar-refractivity contribution in [1.29, 1.82) is 0 Å². The SMILES string of the molecule is C=C(C(=O)OCC(CCc1ccc(C2CCC(CCCCC)CC2)cc1)COC(=O)C(=C)C(C)(C)O)C(C)O. The molecule has 0 bridgehead atoms. The molecule has 0 heterocycles. The van der Waals surface area contributed by atoms with Gasteiger partial charge < -0.3 is 19.7 Å². The Bertz CT molecular complexity index is 932. The third-order valence-electron chi connectivity index (χ3n) is 8.01. The highest BCUT2D eigenvalue weighted by molar-refractivity contribution is 5.89. The zero-order valence-corrected chi connectivity index (χ0v) is 24.5. The number of carbonyl (C=O) groups is 2. The normalized spacial score (nSPS) is 19.1. The van der Waals surface area contributed by atoms with Gasteiger partial charge in [-0.25, -0.2) is 9.59 Å². The summed E-state index contributed by atoms with van der Waals surface area (Å²) in [7, 11) is 0. The van der Waals surface area contributed by atoms with Crippen LogP contribution in [0.1, 0.15) is 103 Å². The van der Waals surface area contributed by atoms with Crippen molar-refractivity contribution < 1.29 is 29.3 Å². The first-order chi connectivity index (χ1) is 18.4. The molecular formula is C33H50O6. The molecule has 6 nitrogen and oxygen atoms in total. The topological polar surface area (TPSA) is 93.1 Å². The summed E-state index contributed by atoms with van der Waals surface area (Å²) in [5.41, 5.74) is 1.14. The van der Waals surface area contributed by atoms with Crippen LogP contribution in [0.5, 0.6) is 0 Å². The molecule has 2 rings (SSSR count). The van der Waals surface area contributed by atoms with Gasteiger partial charge in [0.2, 0.25) is 0 Å². The van der Waals surface area contributed by atoms with Crippen LogP contribution in [-0.2, 0) is 25.5 Å². The van der Waals surface area contributed by atoms with Crippen molar-refractivity contribution in [3.63, 3.8) is 0 Å². The van der Waals surface area contributed by atoms with Crippen molar-refractivity contribution in [3.05, 3.63) is 59.7 Å². The highest BCUT2D eigenvalue weighted by Crippen LogP contribution is 2.37. The molecule has 2 atom stereocenters. The predicted molar refractivity (Wildman–Crippen MR) is 155 cm³/mol. The van der Waals surface area contributed by atoms with E-state index in [0.717, 1.165) is 12.3 Å².